The van der Waals surface area contributed by atoms with Crippen LogP contribution in [0.2, 0.25) is 0 Å². The summed E-state index contributed by atoms with van der Waals surface area (Å²) in [6, 6.07) is 17.3. The van der Waals surface area contributed by atoms with E-state index in [2.05, 4.69) is 10.1 Å². The molecule has 3 aromatic rings. The van der Waals surface area contributed by atoms with E-state index in [1.165, 1.54) is 21.6 Å². The van der Waals surface area contributed by atoms with Crippen molar-refractivity contribution in [1.29, 1.82) is 5.41 Å². The molecule has 10 heteroatoms. The second-order valence-electron chi connectivity index (χ2n) is 8.55. The van der Waals surface area contributed by atoms with E-state index in [4.69, 9.17) is 19.6 Å². The lowest BCUT2D eigenvalue weighted by molar-refractivity contribution is -0.114. The number of hydrogen-bond acceptors (Lipinski definition) is 8. The van der Waals surface area contributed by atoms with Gasteiger partial charge in [0.15, 0.2) is 17.3 Å². The number of amides is 1. The van der Waals surface area contributed by atoms with Crippen LogP contribution in [0.25, 0.3) is 6.08 Å². The number of benzene rings is 2. The molecule has 3 heterocycles. The van der Waals surface area contributed by atoms with Gasteiger partial charge in [0.1, 0.15) is 10.8 Å². The van der Waals surface area contributed by atoms with Crippen LogP contribution >= 0.6 is 23.1 Å². The van der Waals surface area contributed by atoms with Crippen LogP contribution in [-0.4, -0.2) is 47.3 Å². The van der Waals surface area contributed by atoms with Crippen molar-refractivity contribution in [3.05, 3.63) is 81.6 Å². The van der Waals surface area contributed by atoms with Gasteiger partial charge >= 0.3 is 0 Å². The van der Waals surface area contributed by atoms with Crippen LogP contribution in [0, 0.1) is 12.3 Å². The van der Waals surface area contributed by atoms with Crippen LogP contribution in [0.3, 0.4) is 0 Å². The topological polar surface area (TPSA) is 96.6 Å². The quantitative estimate of drug-likeness (QED) is 0.256. The zero-order valence-corrected chi connectivity index (χ0v) is 22.6. The number of carbonyl (C=O) groups is 1. The number of rotatable bonds is 10. The Morgan fingerprint density at radius 1 is 1.05 bits per heavy atom. The van der Waals surface area contributed by atoms with Crippen molar-refractivity contribution < 1.29 is 19.0 Å². The van der Waals surface area contributed by atoms with Crippen molar-refractivity contribution in [2.24, 2.45) is 10.1 Å². The Bertz CT molecular complexity index is 1450. The third-order valence-electron chi connectivity index (χ3n) is 5.71. The number of methoxy groups -OCH3 is 1. The first kappa shape index (κ1) is 25.7. The van der Waals surface area contributed by atoms with Gasteiger partial charge in [-0.2, -0.15) is 15.1 Å². The Labute approximate surface area is 229 Å². The van der Waals surface area contributed by atoms with E-state index in [0.29, 0.717) is 48.3 Å². The Kier molecular flexibility index (Phi) is 7.90. The normalized spacial score (nSPS) is 15.8. The van der Waals surface area contributed by atoms with E-state index in [9.17, 15) is 4.79 Å². The molecule has 0 atom stereocenters. The number of carbonyl (C=O) groups excluding carboxylic acids is 1. The van der Waals surface area contributed by atoms with Crippen molar-refractivity contribution in [3.8, 4) is 17.2 Å². The highest BCUT2D eigenvalue weighted by Crippen LogP contribution is 2.32. The molecule has 0 fully saturated rings. The number of aryl methyl sites for hydroxylation is 1. The van der Waals surface area contributed by atoms with Gasteiger partial charge in [-0.05, 0) is 71.6 Å². The van der Waals surface area contributed by atoms with E-state index < -0.39 is 5.91 Å². The average Bonchev–Trinajstić information content (AvgIpc) is 3.57. The molecule has 1 aromatic heterocycles. The molecule has 8 nitrogen and oxygen atoms in total. The molecule has 0 saturated carbocycles. The summed E-state index contributed by atoms with van der Waals surface area (Å²) in [5.41, 5.74) is 2.01. The highest BCUT2D eigenvalue weighted by atomic mass is 32.2. The van der Waals surface area contributed by atoms with Gasteiger partial charge in [0.25, 0.3) is 5.91 Å². The monoisotopic (exact) mass is 546 g/mol. The summed E-state index contributed by atoms with van der Waals surface area (Å²) in [5, 5.41) is 17.8. The molecule has 0 bridgehead atoms. The molecule has 0 saturated heterocycles. The lowest BCUT2D eigenvalue weighted by atomic mass is 10.1. The Morgan fingerprint density at radius 2 is 1.92 bits per heavy atom. The van der Waals surface area contributed by atoms with Crippen LogP contribution in [-0.2, 0) is 11.2 Å². The molecule has 5 rings (SSSR count). The molecule has 0 spiro atoms. The molecule has 0 unspecified atom stereocenters. The highest BCUT2D eigenvalue weighted by molar-refractivity contribution is 8.27. The van der Waals surface area contributed by atoms with Crippen molar-refractivity contribution in [2.45, 2.75) is 19.8 Å². The summed E-state index contributed by atoms with van der Waals surface area (Å²) in [6.07, 6.45) is 2.98. The minimum atomic E-state index is -0.464. The molecule has 194 valence electrons. The molecule has 0 aliphatic carbocycles. The first-order chi connectivity index (χ1) is 18.5. The largest absolute Gasteiger partial charge is 0.493 e. The summed E-state index contributed by atoms with van der Waals surface area (Å²) in [4.78, 5) is 18.1. The maximum atomic E-state index is 12.8. The molecular formula is C28H26N4O4S2. The Hall–Kier alpha value is -3.89. The molecule has 38 heavy (non-hydrogen) atoms. The maximum absolute atomic E-state index is 12.8. The van der Waals surface area contributed by atoms with Crippen LogP contribution in [0.5, 0.6) is 17.2 Å². The smallest absolute Gasteiger partial charge is 0.283 e. The van der Waals surface area contributed by atoms with E-state index >= 15 is 0 Å². The van der Waals surface area contributed by atoms with E-state index in [0.717, 1.165) is 16.4 Å². The predicted molar refractivity (Wildman–Crippen MR) is 153 cm³/mol. The van der Waals surface area contributed by atoms with Crippen LogP contribution < -0.4 is 14.2 Å². The fraction of sp³-hybridized carbons (Fsp3) is 0.214. The Morgan fingerprint density at radius 3 is 2.71 bits per heavy atom. The molecule has 1 N–H and O–H groups in total. The summed E-state index contributed by atoms with van der Waals surface area (Å²) in [5.74, 6) is 1.51. The number of thiophene rings is 1. The minimum Gasteiger partial charge on any atom is -0.493 e. The van der Waals surface area contributed by atoms with Gasteiger partial charge in [0.2, 0.25) is 5.17 Å². The zero-order valence-electron chi connectivity index (χ0n) is 21.0. The van der Waals surface area contributed by atoms with Gasteiger partial charge in [0, 0.05) is 17.7 Å². The number of ether oxygens (including phenoxy) is 3. The number of fused-ring (bicyclic) bond motifs is 1. The molecule has 2 aliphatic heterocycles. The van der Waals surface area contributed by atoms with Crippen molar-refractivity contribution in [3.63, 3.8) is 0 Å². The first-order valence-electron chi connectivity index (χ1n) is 12.0. The van der Waals surface area contributed by atoms with E-state index in [1.54, 1.807) is 36.7 Å². The standard InChI is InChI=1S/C28H26N4O4S2/c1-18-6-3-7-20(14-18)35-11-5-12-36-23-10-9-19(16-24(23)34-2)15-22-26(29)32-28(30-27(22)33)38-25(31-32)17-21-8-4-13-37-21/h3-4,6-10,13-16,29H,5,11-12,17H2,1-2H3/b22-15-,29-26?. The lowest BCUT2D eigenvalue weighted by Crippen LogP contribution is -2.35. The number of thioether (sulfide) groups is 1. The van der Waals surface area contributed by atoms with E-state index in [1.807, 2.05) is 54.8 Å². The van der Waals surface area contributed by atoms with Crippen molar-refractivity contribution >= 4 is 51.1 Å². The number of hydrazone groups is 1. The summed E-state index contributed by atoms with van der Waals surface area (Å²) in [7, 11) is 1.57. The van der Waals surface area contributed by atoms with Crippen LogP contribution in [0.15, 0.2) is 75.6 Å². The molecule has 0 radical (unpaired) electrons. The molecule has 1 amide bonds. The second kappa shape index (κ2) is 11.7. The third kappa shape index (κ3) is 5.98. The third-order valence-corrected chi connectivity index (χ3v) is 7.49. The van der Waals surface area contributed by atoms with Crippen LogP contribution in [0.1, 0.15) is 22.4 Å². The Balaban J connectivity index is 1.22. The van der Waals surface area contributed by atoms with E-state index in [-0.39, 0.29) is 11.4 Å². The number of nitrogens with zero attached hydrogens (tertiary/aromatic N) is 3. The number of nitrogens with one attached hydrogen (secondary N) is 1. The van der Waals surface area contributed by atoms with Gasteiger partial charge in [-0.15, -0.1) is 11.3 Å². The molecular weight excluding hydrogens is 520 g/mol. The fourth-order valence-electron chi connectivity index (χ4n) is 3.86. The summed E-state index contributed by atoms with van der Waals surface area (Å²) in [6.45, 7) is 3.03. The van der Waals surface area contributed by atoms with Gasteiger partial charge in [-0.3, -0.25) is 10.2 Å². The highest BCUT2D eigenvalue weighted by Gasteiger charge is 2.35. The first-order valence-corrected chi connectivity index (χ1v) is 13.7. The van der Waals surface area contributed by atoms with Gasteiger partial charge in [-0.1, -0.05) is 24.3 Å². The van der Waals surface area contributed by atoms with Gasteiger partial charge < -0.3 is 14.2 Å². The van der Waals surface area contributed by atoms with Gasteiger partial charge in [-0.25, -0.2) is 0 Å². The predicted octanol–water partition coefficient (Wildman–Crippen LogP) is 5.77. The fourth-order valence-corrected chi connectivity index (χ4v) is 5.57. The number of amidine groups is 2. The zero-order chi connectivity index (χ0) is 26.5. The van der Waals surface area contributed by atoms with Gasteiger partial charge in [0.05, 0.1) is 25.9 Å². The number of hydrogen-bond donors (Lipinski definition) is 1. The molecule has 2 aromatic carbocycles. The van der Waals surface area contributed by atoms with Crippen molar-refractivity contribution in [2.75, 3.05) is 20.3 Å². The maximum Gasteiger partial charge on any atom is 0.283 e. The number of aliphatic imine (C=N–C) groups is 1. The van der Waals surface area contributed by atoms with Crippen molar-refractivity contribution in [1.82, 2.24) is 5.01 Å². The molecule has 2 aliphatic rings. The summed E-state index contributed by atoms with van der Waals surface area (Å²) >= 11 is 2.97. The summed E-state index contributed by atoms with van der Waals surface area (Å²) < 4.78 is 17.2. The SMILES string of the molecule is COc1cc(/C=C2/C(=N)N3N=C(Cc4cccs4)SC3=NC2=O)ccc1OCCCOc1cccc(C)c1. The second-order valence-corrected chi connectivity index (χ2v) is 10.6. The minimum absolute atomic E-state index is 0.00147. The lowest BCUT2D eigenvalue weighted by Gasteiger charge is -2.20. The average molecular weight is 547 g/mol. The van der Waals surface area contributed by atoms with Crippen LogP contribution in [0.4, 0.5) is 0 Å².